The Morgan fingerprint density at radius 3 is 2.59 bits per heavy atom. The van der Waals surface area contributed by atoms with E-state index in [9.17, 15) is 4.57 Å². The SMILES string of the molecule is CCCCCCP(=O)(OCCC)Oc1cccc(CCCC=NNC(=S)c2ccc(C)cc2)c1. The van der Waals surface area contributed by atoms with Crippen LogP contribution >= 0.6 is 19.8 Å². The Kier molecular flexibility index (Phi) is 13.1. The van der Waals surface area contributed by atoms with Crippen LogP contribution in [0.5, 0.6) is 5.75 Å². The number of nitrogens with one attached hydrogen (secondary N) is 1. The Morgan fingerprint density at radius 2 is 1.85 bits per heavy atom. The lowest BCUT2D eigenvalue weighted by Gasteiger charge is -2.19. The summed E-state index contributed by atoms with van der Waals surface area (Å²) >= 11 is 5.37. The molecule has 0 amide bonds. The molecule has 1 N–H and O–H groups in total. The third kappa shape index (κ3) is 10.9. The fourth-order valence-electron chi connectivity index (χ4n) is 3.35. The van der Waals surface area contributed by atoms with Crippen molar-refractivity contribution in [3.05, 3.63) is 65.2 Å². The zero-order valence-corrected chi connectivity index (χ0v) is 22.5. The molecular formula is C27H39N2O3PS. The molecule has 2 rings (SSSR count). The summed E-state index contributed by atoms with van der Waals surface area (Å²) in [5, 5.41) is 4.24. The molecule has 2 aromatic rings. The average Bonchev–Trinajstić information content (AvgIpc) is 2.83. The molecule has 0 heterocycles. The maximum absolute atomic E-state index is 13.2. The number of rotatable bonds is 16. The summed E-state index contributed by atoms with van der Waals surface area (Å²) in [5.41, 5.74) is 6.23. The minimum atomic E-state index is -3.14. The molecule has 0 saturated carbocycles. The monoisotopic (exact) mass is 502 g/mol. The maximum atomic E-state index is 13.2. The maximum Gasteiger partial charge on any atom is 0.379 e. The van der Waals surface area contributed by atoms with Crippen molar-refractivity contribution in [2.24, 2.45) is 5.10 Å². The minimum Gasteiger partial charge on any atom is -0.424 e. The van der Waals surface area contributed by atoms with Crippen molar-refractivity contribution in [2.75, 3.05) is 12.8 Å². The number of unbranched alkanes of at least 4 members (excludes halogenated alkanes) is 4. The standard InChI is InChI=1S/C27H39N2O3PS/c1-4-6-7-10-21-33(30,31-20-5-2)32-26-14-11-13-24(22-26)12-8-9-19-28-29-27(34)25-17-15-23(3)16-18-25/h11,13-19,22H,4-10,12,20-21H2,1-3H3,(H,29,34). The number of hydrazone groups is 1. The second-order valence-electron chi connectivity index (χ2n) is 8.48. The van der Waals surface area contributed by atoms with Crippen LogP contribution < -0.4 is 9.95 Å². The van der Waals surface area contributed by atoms with Gasteiger partial charge in [0.1, 0.15) is 10.7 Å². The lowest BCUT2D eigenvalue weighted by atomic mass is 10.1. The van der Waals surface area contributed by atoms with Crippen molar-refractivity contribution >= 4 is 31.0 Å². The molecular weight excluding hydrogens is 463 g/mol. The quantitative estimate of drug-likeness (QED) is 0.0833. The van der Waals surface area contributed by atoms with Gasteiger partial charge in [-0.1, -0.05) is 87.3 Å². The van der Waals surface area contributed by atoms with Crippen LogP contribution in [-0.2, 0) is 15.5 Å². The molecule has 0 aromatic heterocycles. The fraction of sp³-hybridized carbons (Fsp3) is 0.481. The first-order chi connectivity index (χ1) is 16.5. The summed E-state index contributed by atoms with van der Waals surface area (Å²) in [4.78, 5) is 0.616. The van der Waals surface area contributed by atoms with Gasteiger partial charge in [0, 0.05) is 11.8 Å². The van der Waals surface area contributed by atoms with E-state index < -0.39 is 7.60 Å². The van der Waals surface area contributed by atoms with Crippen molar-refractivity contribution in [1.82, 2.24) is 5.43 Å². The second kappa shape index (κ2) is 15.8. The predicted octanol–water partition coefficient (Wildman–Crippen LogP) is 7.85. The largest absolute Gasteiger partial charge is 0.424 e. The van der Waals surface area contributed by atoms with E-state index in [1.807, 2.05) is 62.5 Å². The van der Waals surface area contributed by atoms with E-state index in [0.717, 1.165) is 62.5 Å². The molecule has 0 radical (unpaired) electrons. The van der Waals surface area contributed by atoms with Gasteiger partial charge >= 0.3 is 7.60 Å². The first-order valence-corrected chi connectivity index (χ1v) is 14.5. The molecule has 1 unspecified atom stereocenters. The molecule has 7 heteroatoms. The molecule has 186 valence electrons. The summed E-state index contributed by atoms with van der Waals surface area (Å²) in [6.45, 7) is 6.67. The Labute approximate surface area is 210 Å². The van der Waals surface area contributed by atoms with Crippen molar-refractivity contribution in [2.45, 2.75) is 72.1 Å². The summed E-state index contributed by atoms with van der Waals surface area (Å²) < 4.78 is 24.9. The van der Waals surface area contributed by atoms with E-state index in [-0.39, 0.29) is 0 Å². The van der Waals surface area contributed by atoms with Crippen LogP contribution in [0.1, 0.15) is 75.5 Å². The summed E-state index contributed by atoms with van der Waals surface area (Å²) in [6, 6.07) is 15.9. The molecule has 34 heavy (non-hydrogen) atoms. The van der Waals surface area contributed by atoms with Gasteiger partial charge in [0.2, 0.25) is 0 Å². The first-order valence-electron chi connectivity index (χ1n) is 12.4. The zero-order valence-electron chi connectivity index (χ0n) is 20.8. The molecule has 5 nitrogen and oxygen atoms in total. The third-order valence-electron chi connectivity index (χ3n) is 5.29. The summed E-state index contributed by atoms with van der Waals surface area (Å²) in [7, 11) is -3.14. The van der Waals surface area contributed by atoms with Crippen LogP contribution in [0.4, 0.5) is 0 Å². The van der Waals surface area contributed by atoms with Crippen LogP contribution in [0, 0.1) is 6.92 Å². The molecule has 0 aliphatic heterocycles. The van der Waals surface area contributed by atoms with Crippen LogP contribution in [-0.4, -0.2) is 24.0 Å². The lowest BCUT2D eigenvalue weighted by Crippen LogP contribution is -2.16. The number of benzene rings is 2. The van der Waals surface area contributed by atoms with Crippen LogP contribution in [0.3, 0.4) is 0 Å². The predicted molar refractivity (Wildman–Crippen MR) is 147 cm³/mol. The highest BCUT2D eigenvalue weighted by Crippen LogP contribution is 2.49. The smallest absolute Gasteiger partial charge is 0.379 e. The normalized spacial score (nSPS) is 13.0. The van der Waals surface area contributed by atoms with Gasteiger partial charge in [-0.25, -0.2) is 4.57 Å². The zero-order chi connectivity index (χ0) is 24.7. The Bertz CT molecular complexity index is 947. The van der Waals surface area contributed by atoms with Crippen molar-refractivity contribution in [3.63, 3.8) is 0 Å². The van der Waals surface area contributed by atoms with Gasteiger partial charge < -0.3 is 4.52 Å². The van der Waals surface area contributed by atoms with Crippen LogP contribution in [0.25, 0.3) is 0 Å². The molecule has 1 atom stereocenters. The number of hydrogen-bond donors (Lipinski definition) is 1. The highest BCUT2D eigenvalue weighted by Gasteiger charge is 2.25. The number of hydrogen-bond acceptors (Lipinski definition) is 5. The van der Waals surface area contributed by atoms with Crippen molar-refractivity contribution < 1.29 is 13.6 Å². The number of thiocarbonyl (C=S) groups is 1. The van der Waals surface area contributed by atoms with Gasteiger partial charge in [0.05, 0.1) is 12.8 Å². The van der Waals surface area contributed by atoms with Gasteiger partial charge in [0.25, 0.3) is 0 Å². The minimum absolute atomic E-state index is 0.450. The van der Waals surface area contributed by atoms with E-state index in [1.54, 1.807) is 0 Å². The van der Waals surface area contributed by atoms with E-state index in [4.69, 9.17) is 21.3 Å². The van der Waals surface area contributed by atoms with E-state index in [1.165, 1.54) is 5.56 Å². The number of nitrogens with zero attached hydrogens (tertiary/aromatic N) is 1. The molecule has 0 aliphatic rings. The lowest BCUT2D eigenvalue weighted by molar-refractivity contribution is 0.264. The van der Waals surface area contributed by atoms with Gasteiger partial charge in [-0.2, -0.15) is 5.10 Å². The van der Waals surface area contributed by atoms with Gasteiger partial charge in [-0.05, 0) is 56.7 Å². The Hall–Kier alpha value is -2.01. The Balaban J connectivity index is 1.81. The topological polar surface area (TPSA) is 59.9 Å². The fourth-order valence-corrected chi connectivity index (χ4v) is 5.32. The van der Waals surface area contributed by atoms with Gasteiger partial charge in [0.15, 0.2) is 0 Å². The van der Waals surface area contributed by atoms with Crippen LogP contribution in [0.15, 0.2) is 53.6 Å². The second-order valence-corrected chi connectivity index (χ2v) is 11.0. The van der Waals surface area contributed by atoms with Crippen molar-refractivity contribution in [1.29, 1.82) is 0 Å². The molecule has 0 spiro atoms. The van der Waals surface area contributed by atoms with E-state index in [0.29, 0.717) is 23.5 Å². The highest BCUT2D eigenvalue weighted by atomic mass is 32.1. The number of aryl methyl sites for hydroxylation is 2. The first kappa shape index (κ1) is 28.2. The highest BCUT2D eigenvalue weighted by molar-refractivity contribution is 7.80. The van der Waals surface area contributed by atoms with Gasteiger partial charge in [-0.3, -0.25) is 9.95 Å². The van der Waals surface area contributed by atoms with E-state index in [2.05, 4.69) is 23.5 Å². The molecule has 2 aromatic carbocycles. The molecule has 0 saturated heterocycles. The third-order valence-corrected chi connectivity index (χ3v) is 7.55. The molecule has 0 fully saturated rings. The summed E-state index contributed by atoms with van der Waals surface area (Å²) in [5.74, 6) is 0.617. The average molecular weight is 503 g/mol. The van der Waals surface area contributed by atoms with E-state index >= 15 is 0 Å². The molecule has 0 aliphatic carbocycles. The molecule has 0 bridgehead atoms. The van der Waals surface area contributed by atoms with Crippen molar-refractivity contribution in [3.8, 4) is 5.75 Å². The Morgan fingerprint density at radius 1 is 1.06 bits per heavy atom. The van der Waals surface area contributed by atoms with Crippen LogP contribution in [0.2, 0.25) is 0 Å². The van der Waals surface area contributed by atoms with Gasteiger partial charge in [-0.15, -0.1) is 0 Å². The summed E-state index contributed by atoms with van der Waals surface area (Å²) in [6.07, 6.45) is 9.95.